The first-order valence-corrected chi connectivity index (χ1v) is 6.53. The van der Waals surface area contributed by atoms with E-state index in [9.17, 15) is 5.11 Å². The summed E-state index contributed by atoms with van der Waals surface area (Å²) in [5.74, 6) is 1.63. The average molecular weight is 316 g/mol. The van der Waals surface area contributed by atoms with Crippen LogP contribution in [-0.2, 0) is 0 Å². The third kappa shape index (κ3) is 2.39. The molecule has 3 rings (SSSR count). The molecule has 0 bridgehead atoms. The van der Waals surface area contributed by atoms with Gasteiger partial charge in [0.05, 0.1) is 6.20 Å². The lowest BCUT2D eigenvalue weighted by molar-refractivity contribution is 0.477. The van der Waals surface area contributed by atoms with Gasteiger partial charge in [0.15, 0.2) is 0 Å². The lowest BCUT2D eigenvalue weighted by atomic mass is 10.1. The molecule has 1 heterocycles. The van der Waals surface area contributed by atoms with E-state index in [1.54, 1.807) is 0 Å². The lowest BCUT2D eigenvalue weighted by Crippen LogP contribution is -1.86. The standard InChI is InChI=1S/C15H10BrNO2/c16-15-13-8-11(19-10-4-2-1-3-5-10)6-7-12(13)14(18)9-17-15/h1-9,18H. The number of halogens is 1. The van der Waals surface area contributed by atoms with Crippen LogP contribution in [0.4, 0.5) is 0 Å². The van der Waals surface area contributed by atoms with Crippen LogP contribution in [0.3, 0.4) is 0 Å². The van der Waals surface area contributed by atoms with Crippen molar-refractivity contribution < 1.29 is 9.84 Å². The van der Waals surface area contributed by atoms with Gasteiger partial charge in [-0.05, 0) is 46.3 Å². The number of benzene rings is 2. The SMILES string of the molecule is Oc1cnc(Br)c2cc(Oc3ccccc3)ccc12. The van der Waals surface area contributed by atoms with E-state index in [1.165, 1.54) is 6.20 Å². The van der Waals surface area contributed by atoms with Crippen molar-refractivity contribution in [2.75, 3.05) is 0 Å². The van der Waals surface area contributed by atoms with Crippen LogP contribution in [0.1, 0.15) is 0 Å². The van der Waals surface area contributed by atoms with Crippen LogP contribution in [0.25, 0.3) is 10.8 Å². The smallest absolute Gasteiger partial charge is 0.141 e. The Morgan fingerprint density at radius 1 is 0.947 bits per heavy atom. The zero-order valence-corrected chi connectivity index (χ0v) is 11.5. The van der Waals surface area contributed by atoms with Crippen molar-refractivity contribution in [1.29, 1.82) is 0 Å². The molecule has 0 unspecified atom stereocenters. The van der Waals surface area contributed by atoms with Gasteiger partial charge in [-0.15, -0.1) is 0 Å². The second-order valence-electron chi connectivity index (χ2n) is 4.06. The van der Waals surface area contributed by atoms with Gasteiger partial charge < -0.3 is 9.84 Å². The largest absolute Gasteiger partial charge is 0.506 e. The van der Waals surface area contributed by atoms with Crippen LogP contribution < -0.4 is 4.74 Å². The highest BCUT2D eigenvalue weighted by atomic mass is 79.9. The van der Waals surface area contributed by atoms with E-state index in [0.29, 0.717) is 10.4 Å². The topological polar surface area (TPSA) is 42.4 Å². The number of rotatable bonds is 2. The molecule has 0 aliphatic rings. The van der Waals surface area contributed by atoms with Crippen molar-refractivity contribution in [2.45, 2.75) is 0 Å². The summed E-state index contributed by atoms with van der Waals surface area (Å²) in [4.78, 5) is 4.07. The summed E-state index contributed by atoms with van der Waals surface area (Å²) in [5.41, 5.74) is 0. The predicted octanol–water partition coefficient (Wildman–Crippen LogP) is 4.50. The van der Waals surface area contributed by atoms with Crippen LogP contribution in [0.5, 0.6) is 17.2 Å². The minimum Gasteiger partial charge on any atom is -0.506 e. The highest BCUT2D eigenvalue weighted by molar-refractivity contribution is 9.10. The number of hydrogen-bond donors (Lipinski definition) is 1. The predicted molar refractivity (Wildman–Crippen MR) is 77.6 cm³/mol. The Hall–Kier alpha value is -2.07. The summed E-state index contributed by atoms with van der Waals surface area (Å²) >= 11 is 3.37. The van der Waals surface area contributed by atoms with E-state index in [-0.39, 0.29) is 5.75 Å². The summed E-state index contributed by atoms with van der Waals surface area (Å²) in [6.07, 6.45) is 1.42. The quantitative estimate of drug-likeness (QED) is 0.708. The molecule has 0 saturated heterocycles. The molecule has 94 valence electrons. The normalized spacial score (nSPS) is 10.6. The summed E-state index contributed by atoms with van der Waals surface area (Å²) < 4.78 is 6.43. The Kier molecular flexibility index (Phi) is 3.09. The summed E-state index contributed by atoms with van der Waals surface area (Å²) in [7, 11) is 0. The van der Waals surface area contributed by atoms with Crippen molar-refractivity contribution in [3.8, 4) is 17.2 Å². The fourth-order valence-corrected chi connectivity index (χ4v) is 2.29. The first-order chi connectivity index (χ1) is 9.24. The molecule has 0 fully saturated rings. The van der Waals surface area contributed by atoms with Gasteiger partial charge in [-0.1, -0.05) is 18.2 Å². The van der Waals surface area contributed by atoms with Crippen LogP contribution in [-0.4, -0.2) is 10.1 Å². The minimum absolute atomic E-state index is 0.157. The van der Waals surface area contributed by atoms with Gasteiger partial charge in [0.1, 0.15) is 21.9 Å². The van der Waals surface area contributed by atoms with Gasteiger partial charge in [-0.2, -0.15) is 0 Å². The molecule has 1 N–H and O–H groups in total. The molecule has 0 aliphatic heterocycles. The molecule has 0 aliphatic carbocycles. The molecular formula is C15H10BrNO2. The highest BCUT2D eigenvalue weighted by Gasteiger charge is 2.07. The monoisotopic (exact) mass is 315 g/mol. The van der Waals surface area contributed by atoms with Gasteiger partial charge in [0.2, 0.25) is 0 Å². The molecule has 0 saturated carbocycles. The molecule has 1 aromatic heterocycles. The number of fused-ring (bicyclic) bond motifs is 1. The lowest BCUT2D eigenvalue weighted by Gasteiger charge is -2.08. The molecule has 0 amide bonds. The van der Waals surface area contributed by atoms with Gasteiger partial charge in [-0.25, -0.2) is 4.98 Å². The summed E-state index contributed by atoms with van der Waals surface area (Å²) in [5, 5.41) is 11.3. The number of pyridine rings is 1. The van der Waals surface area contributed by atoms with E-state index in [1.807, 2.05) is 48.5 Å². The van der Waals surface area contributed by atoms with Gasteiger partial charge in [0, 0.05) is 10.8 Å². The van der Waals surface area contributed by atoms with E-state index >= 15 is 0 Å². The van der Waals surface area contributed by atoms with Gasteiger partial charge >= 0.3 is 0 Å². The van der Waals surface area contributed by atoms with Gasteiger partial charge in [0.25, 0.3) is 0 Å². The fourth-order valence-electron chi connectivity index (χ4n) is 1.86. The third-order valence-electron chi connectivity index (χ3n) is 2.77. The maximum Gasteiger partial charge on any atom is 0.141 e. The van der Waals surface area contributed by atoms with Crippen molar-refractivity contribution in [3.63, 3.8) is 0 Å². The van der Waals surface area contributed by atoms with Crippen LogP contribution in [0.2, 0.25) is 0 Å². The molecule has 4 heteroatoms. The molecule has 3 nitrogen and oxygen atoms in total. The van der Waals surface area contributed by atoms with E-state index in [4.69, 9.17) is 4.74 Å². The second-order valence-corrected chi connectivity index (χ2v) is 4.81. The molecule has 19 heavy (non-hydrogen) atoms. The zero-order valence-electron chi connectivity index (χ0n) is 9.88. The minimum atomic E-state index is 0.157. The molecule has 3 aromatic rings. The number of nitrogens with zero attached hydrogens (tertiary/aromatic N) is 1. The second kappa shape index (κ2) is 4.90. The molecule has 0 radical (unpaired) electrons. The Morgan fingerprint density at radius 3 is 2.53 bits per heavy atom. The molecule has 0 atom stereocenters. The van der Waals surface area contributed by atoms with E-state index in [2.05, 4.69) is 20.9 Å². The first-order valence-electron chi connectivity index (χ1n) is 5.74. The average Bonchev–Trinajstić information content (AvgIpc) is 2.44. The third-order valence-corrected chi connectivity index (χ3v) is 3.40. The molecule has 0 spiro atoms. The van der Waals surface area contributed by atoms with E-state index in [0.717, 1.165) is 16.5 Å². The number of para-hydroxylation sites is 1. The Bertz CT molecular complexity index is 729. The summed E-state index contributed by atoms with van der Waals surface area (Å²) in [6, 6.07) is 15.0. The number of aromatic hydroxyl groups is 1. The zero-order chi connectivity index (χ0) is 13.2. The first kappa shape index (κ1) is 12.0. The van der Waals surface area contributed by atoms with Crippen LogP contribution in [0, 0.1) is 0 Å². The summed E-state index contributed by atoms with van der Waals surface area (Å²) in [6.45, 7) is 0. The highest BCUT2D eigenvalue weighted by Crippen LogP contribution is 2.33. The Morgan fingerprint density at radius 2 is 1.74 bits per heavy atom. The maximum absolute atomic E-state index is 9.75. The molecule has 2 aromatic carbocycles. The Labute approximate surface area is 118 Å². The Balaban J connectivity index is 2.05. The van der Waals surface area contributed by atoms with Crippen LogP contribution in [0.15, 0.2) is 59.3 Å². The van der Waals surface area contributed by atoms with Crippen molar-refractivity contribution in [3.05, 3.63) is 59.3 Å². The fraction of sp³-hybridized carbons (Fsp3) is 0. The van der Waals surface area contributed by atoms with E-state index < -0.39 is 0 Å². The van der Waals surface area contributed by atoms with Crippen molar-refractivity contribution >= 4 is 26.7 Å². The molecular weight excluding hydrogens is 306 g/mol. The van der Waals surface area contributed by atoms with Crippen molar-refractivity contribution in [1.82, 2.24) is 4.98 Å². The maximum atomic E-state index is 9.75. The van der Waals surface area contributed by atoms with Crippen molar-refractivity contribution in [2.24, 2.45) is 0 Å². The number of ether oxygens (including phenoxy) is 1. The number of aromatic nitrogens is 1. The number of hydrogen-bond acceptors (Lipinski definition) is 3. The van der Waals surface area contributed by atoms with Gasteiger partial charge in [-0.3, -0.25) is 0 Å². The van der Waals surface area contributed by atoms with Crippen LogP contribution >= 0.6 is 15.9 Å².